The maximum atomic E-state index is 5.55. The first-order valence-electron chi connectivity index (χ1n) is 4.82. The van der Waals surface area contributed by atoms with Crippen LogP contribution in [-0.2, 0) is 13.6 Å². The Bertz CT molecular complexity index is 335. The second-order valence-electron chi connectivity index (χ2n) is 3.88. The first kappa shape index (κ1) is 12.1. The van der Waals surface area contributed by atoms with E-state index in [1.54, 1.807) is 4.68 Å². The van der Waals surface area contributed by atoms with Crippen LogP contribution in [0.1, 0.15) is 12.6 Å². The quantitative estimate of drug-likeness (QED) is 0.727. The van der Waals surface area contributed by atoms with Crippen LogP contribution >= 0.6 is 12.2 Å². The van der Waals surface area contributed by atoms with E-state index >= 15 is 0 Å². The van der Waals surface area contributed by atoms with Crippen LogP contribution in [0, 0.1) is 5.92 Å². The topological polar surface area (TPSA) is 60.0 Å². The molecule has 1 unspecified atom stereocenters. The van der Waals surface area contributed by atoms with E-state index in [9.17, 15) is 0 Å². The zero-order valence-electron chi connectivity index (χ0n) is 9.34. The molecule has 0 amide bonds. The summed E-state index contributed by atoms with van der Waals surface area (Å²) in [6.45, 7) is 3.63. The number of nitrogens with two attached hydrogens (primary N) is 1. The summed E-state index contributed by atoms with van der Waals surface area (Å²) in [4.78, 5) is 2.69. The van der Waals surface area contributed by atoms with Gasteiger partial charge in [0.15, 0.2) is 0 Å². The highest BCUT2D eigenvalue weighted by molar-refractivity contribution is 7.80. The first-order valence-corrected chi connectivity index (χ1v) is 5.23. The molecule has 5 nitrogen and oxygen atoms in total. The Morgan fingerprint density at radius 3 is 2.87 bits per heavy atom. The van der Waals surface area contributed by atoms with Crippen LogP contribution in [0.2, 0.25) is 0 Å². The Morgan fingerprint density at radius 1 is 1.73 bits per heavy atom. The van der Waals surface area contributed by atoms with Crippen LogP contribution in [-0.4, -0.2) is 38.5 Å². The molecule has 0 aliphatic carbocycles. The minimum absolute atomic E-state index is 0.224. The monoisotopic (exact) mass is 227 g/mol. The van der Waals surface area contributed by atoms with Gasteiger partial charge in [0.05, 0.1) is 10.7 Å². The first-order chi connectivity index (χ1) is 6.99. The molecule has 0 fully saturated rings. The van der Waals surface area contributed by atoms with Crippen LogP contribution < -0.4 is 5.73 Å². The van der Waals surface area contributed by atoms with Crippen molar-refractivity contribution in [1.82, 2.24) is 19.9 Å². The standard InChI is InChI=1S/C9H17N5S/c1-7(9(10)15)4-13(2)5-8-6-14(3)12-11-8/h6-7H,4-5H2,1-3H3,(H2,10,15). The van der Waals surface area contributed by atoms with Gasteiger partial charge in [0.1, 0.15) is 0 Å². The number of rotatable bonds is 5. The largest absolute Gasteiger partial charge is 0.393 e. The van der Waals surface area contributed by atoms with Gasteiger partial charge in [-0.2, -0.15) is 0 Å². The zero-order chi connectivity index (χ0) is 11.4. The second-order valence-corrected chi connectivity index (χ2v) is 4.36. The zero-order valence-corrected chi connectivity index (χ0v) is 10.2. The Hall–Kier alpha value is -1.01. The van der Waals surface area contributed by atoms with Crippen molar-refractivity contribution in [2.24, 2.45) is 18.7 Å². The lowest BCUT2D eigenvalue weighted by Gasteiger charge is -2.19. The molecular weight excluding hydrogens is 210 g/mol. The molecule has 0 radical (unpaired) electrons. The Balaban J connectivity index is 2.42. The molecule has 15 heavy (non-hydrogen) atoms. The second kappa shape index (κ2) is 5.18. The van der Waals surface area contributed by atoms with Crippen molar-refractivity contribution in [2.75, 3.05) is 13.6 Å². The van der Waals surface area contributed by atoms with Gasteiger partial charge >= 0.3 is 0 Å². The molecule has 0 aromatic carbocycles. The molecule has 6 heteroatoms. The molecule has 0 aliphatic heterocycles. The highest BCUT2D eigenvalue weighted by Crippen LogP contribution is 2.02. The molecule has 0 spiro atoms. The van der Waals surface area contributed by atoms with Crippen molar-refractivity contribution in [1.29, 1.82) is 0 Å². The van der Waals surface area contributed by atoms with Gasteiger partial charge in [-0.1, -0.05) is 24.4 Å². The predicted octanol–water partition coefficient (Wildman–Crippen LogP) is 0.169. The normalized spacial score (nSPS) is 13.1. The van der Waals surface area contributed by atoms with Gasteiger partial charge in [0.25, 0.3) is 0 Å². The van der Waals surface area contributed by atoms with E-state index in [-0.39, 0.29) is 5.92 Å². The fourth-order valence-electron chi connectivity index (χ4n) is 1.37. The van der Waals surface area contributed by atoms with Gasteiger partial charge in [-0.3, -0.25) is 9.58 Å². The van der Waals surface area contributed by atoms with Gasteiger partial charge in [-0.15, -0.1) is 5.10 Å². The van der Waals surface area contributed by atoms with Gasteiger partial charge in [-0.05, 0) is 7.05 Å². The fraction of sp³-hybridized carbons (Fsp3) is 0.667. The van der Waals surface area contributed by atoms with Crippen molar-refractivity contribution in [2.45, 2.75) is 13.5 Å². The van der Waals surface area contributed by atoms with Gasteiger partial charge in [0.2, 0.25) is 0 Å². The molecule has 2 N–H and O–H groups in total. The number of nitrogens with zero attached hydrogens (tertiary/aromatic N) is 4. The number of aromatic nitrogens is 3. The summed E-state index contributed by atoms with van der Waals surface area (Å²) < 4.78 is 1.69. The molecule has 0 bridgehead atoms. The molecule has 1 aromatic rings. The van der Waals surface area contributed by atoms with Crippen molar-refractivity contribution in [3.05, 3.63) is 11.9 Å². The summed E-state index contributed by atoms with van der Waals surface area (Å²) in [6, 6.07) is 0. The average Bonchev–Trinajstić information content (AvgIpc) is 2.50. The molecule has 1 rings (SSSR count). The molecule has 0 aliphatic rings. The highest BCUT2D eigenvalue weighted by atomic mass is 32.1. The minimum atomic E-state index is 0.224. The minimum Gasteiger partial charge on any atom is -0.393 e. The van der Waals surface area contributed by atoms with E-state index in [1.165, 1.54) is 0 Å². The SMILES string of the molecule is CC(CN(C)Cc1cn(C)nn1)C(N)=S. The van der Waals surface area contributed by atoms with E-state index in [0.29, 0.717) is 4.99 Å². The Kier molecular flexibility index (Phi) is 4.16. The van der Waals surface area contributed by atoms with Crippen molar-refractivity contribution < 1.29 is 0 Å². The Labute approximate surface area is 95.2 Å². The molecule has 0 saturated carbocycles. The number of thiocarbonyl (C=S) groups is 1. The van der Waals surface area contributed by atoms with Crippen LogP contribution in [0.5, 0.6) is 0 Å². The summed E-state index contributed by atoms with van der Waals surface area (Å²) >= 11 is 4.92. The number of aryl methyl sites for hydroxylation is 1. The van der Waals surface area contributed by atoms with Crippen LogP contribution in [0.25, 0.3) is 0 Å². The van der Waals surface area contributed by atoms with Crippen molar-refractivity contribution in [3.63, 3.8) is 0 Å². The maximum Gasteiger partial charge on any atom is 0.0966 e. The molecule has 0 saturated heterocycles. The third-order valence-electron chi connectivity index (χ3n) is 2.15. The van der Waals surface area contributed by atoms with E-state index < -0.39 is 0 Å². The summed E-state index contributed by atoms with van der Waals surface area (Å²) in [5, 5.41) is 7.89. The van der Waals surface area contributed by atoms with Gasteiger partial charge in [-0.25, -0.2) is 0 Å². The third kappa shape index (κ3) is 3.93. The number of hydrogen-bond donors (Lipinski definition) is 1. The maximum absolute atomic E-state index is 5.55. The highest BCUT2D eigenvalue weighted by Gasteiger charge is 2.10. The van der Waals surface area contributed by atoms with Crippen molar-refractivity contribution in [3.8, 4) is 0 Å². The predicted molar refractivity (Wildman–Crippen MR) is 63.3 cm³/mol. The molecule has 1 aromatic heterocycles. The summed E-state index contributed by atoms with van der Waals surface area (Å²) in [7, 11) is 3.87. The van der Waals surface area contributed by atoms with Crippen molar-refractivity contribution >= 4 is 17.2 Å². The molecule has 1 heterocycles. The lowest BCUT2D eigenvalue weighted by Crippen LogP contribution is -2.31. The molecular formula is C9H17N5S. The summed E-state index contributed by atoms with van der Waals surface area (Å²) in [5.74, 6) is 0.224. The van der Waals surface area contributed by atoms with Gasteiger partial charge in [0, 0.05) is 32.3 Å². The van der Waals surface area contributed by atoms with E-state index in [1.807, 2.05) is 27.2 Å². The number of hydrogen-bond acceptors (Lipinski definition) is 4. The smallest absolute Gasteiger partial charge is 0.0966 e. The lowest BCUT2D eigenvalue weighted by atomic mass is 10.2. The van der Waals surface area contributed by atoms with Crippen LogP contribution in [0.4, 0.5) is 0 Å². The van der Waals surface area contributed by atoms with E-state index in [2.05, 4.69) is 15.2 Å². The van der Waals surface area contributed by atoms with Gasteiger partial charge < -0.3 is 5.73 Å². The van der Waals surface area contributed by atoms with E-state index in [4.69, 9.17) is 18.0 Å². The summed E-state index contributed by atoms with van der Waals surface area (Å²) in [5.41, 5.74) is 6.51. The molecule has 1 atom stereocenters. The van der Waals surface area contributed by atoms with Crippen LogP contribution in [0.3, 0.4) is 0 Å². The summed E-state index contributed by atoms with van der Waals surface area (Å²) in [6.07, 6.45) is 1.90. The third-order valence-corrected chi connectivity index (χ3v) is 2.56. The van der Waals surface area contributed by atoms with E-state index in [0.717, 1.165) is 18.8 Å². The Morgan fingerprint density at radius 2 is 2.40 bits per heavy atom. The average molecular weight is 227 g/mol. The van der Waals surface area contributed by atoms with Crippen LogP contribution in [0.15, 0.2) is 6.20 Å². The molecule has 84 valence electrons. The lowest BCUT2D eigenvalue weighted by molar-refractivity contribution is 0.304. The fourth-order valence-corrected chi connectivity index (χ4v) is 1.44.